The average Bonchev–Trinajstić information content (AvgIpc) is 2.78. The van der Waals surface area contributed by atoms with E-state index < -0.39 is 34.8 Å². The largest absolute Gasteiger partial charge is 0.490 e. The molecule has 3 rings (SSSR count). The fourth-order valence-electron chi connectivity index (χ4n) is 2.56. The summed E-state index contributed by atoms with van der Waals surface area (Å²) in [6.07, 6.45) is -4.14. The maximum atomic E-state index is 11.5. The highest BCUT2D eigenvalue weighted by Gasteiger charge is 2.43. The summed E-state index contributed by atoms with van der Waals surface area (Å²) in [5.74, 6) is 0.0596. The van der Waals surface area contributed by atoms with Crippen molar-refractivity contribution in [3.63, 3.8) is 0 Å². The lowest BCUT2D eigenvalue weighted by molar-refractivity contribution is -0.152. The fraction of sp³-hybridized carbons (Fsp3) is 0.462. The molecule has 1 aromatic rings. The first-order valence-corrected chi connectivity index (χ1v) is 8.45. The van der Waals surface area contributed by atoms with Crippen LogP contribution in [0.5, 0.6) is 5.75 Å². The maximum absolute atomic E-state index is 11.5. The number of hydrogen-bond donors (Lipinski definition) is 4. The second-order valence-electron chi connectivity index (χ2n) is 5.30. The molecular weight excluding hydrogens is 342 g/mol. The van der Waals surface area contributed by atoms with Crippen molar-refractivity contribution in [2.24, 2.45) is 10.1 Å². The molecule has 10 nitrogen and oxygen atoms in total. The molecule has 1 fully saturated rings. The second-order valence-corrected chi connectivity index (χ2v) is 6.64. The van der Waals surface area contributed by atoms with Gasteiger partial charge in [-0.3, -0.25) is 4.72 Å². The van der Waals surface area contributed by atoms with Crippen molar-refractivity contribution in [3.8, 4) is 5.75 Å². The van der Waals surface area contributed by atoms with E-state index in [4.69, 9.17) is 19.9 Å². The highest BCUT2D eigenvalue weighted by molar-refractivity contribution is 7.91. The summed E-state index contributed by atoms with van der Waals surface area (Å²) in [5.41, 5.74) is 6.24. The fourth-order valence-corrected chi connectivity index (χ4v) is 3.40. The Labute approximate surface area is 138 Å². The van der Waals surface area contributed by atoms with Crippen molar-refractivity contribution < 1.29 is 32.8 Å². The second kappa shape index (κ2) is 6.18. The minimum absolute atomic E-state index is 0.103. The molecule has 0 bridgehead atoms. The summed E-state index contributed by atoms with van der Waals surface area (Å²) in [6, 6.07) is 4.67. The predicted octanol–water partition coefficient (Wildman–Crippen LogP) is -1.47. The van der Waals surface area contributed by atoms with Crippen LogP contribution >= 0.6 is 0 Å². The molecule has 2 heterocycles. The lowest BCUT2D eigenvalue weighted by Crippen LogP contribution is -2.35. The molecule has 1 saturated heterocycles. The van der Waals surface area contributed by atoms with E-state index in [0.717, 1.165) is 0 Å². The number of hydrogen-bond acceptors (Lipinski definition) is 8. The van der Waals surface area contributed by atoms with E-state index in [1.54, 1.807) is 12.1 Å². The van der Waals surface area contributed by atoms with Crippen LogP contribution < -0.4 is 15.2 Å². The standard InChI is InChI=1S/C13H17N3O7S/c1-21-13-11(18)10(17)8(23-13)5-22-7-4-2-3-6-9(7)12(14)16-24(19,20)15-6/h2-4,8,10-11,13,15,17-18H,5H2,1H3,(H2,14,16). The van der Waals surface area contributed by atoms with E-state index >= 15 is 0 Å². The molecule has 0 amide bonds. The molecule has 0 radical (unpaired) electrons. The van der Waals surface area contributed by atoms with Crippen molar-refractivity contribution >= 4 is 21.7 Å². The number of rotatable bonds is 4. The Kier molecular flexibility index (Phi) is 4.36. The molecule has 1 aromatic carbocycles. The van der Waals surface area contributed by atoms with Gasteiger partial charge in [-0.25, -0.2) is 0 Å². The Bertz CT molecular complexity index is 767. The van der Waals surface area contributed by atoms with E-state index in [0.29, 0.717) is 5.56 Å². The zero-order valence-electron chi connectivity index (χ0n) is 12.6. The van der Waals surface area contributed by atoms with Crippen LogP contribution in [0.4, 0.5) is 5.69 Å². The first-order valence-electron chi connectivity index (χ1n) is 7.01. The van der Waals surface area contributed by atoms with Crippen molar-refractivity contribution in [1.82, 2.24) is 0 Å². The van der Waals surface area contributed by atoms with Gasteiger partial charge in [0.1, 0.15) is 30.7 Å². The molecule has 0 spiro atoms. The Hall–Kier alpha value is -1.92. The molecule has 0 aliphatic carbocycles. The third kappa shape index (κ3) is 3.03. The van der Waals surface area contributed by atoms with Crippen molar-refractivity contribution in [3.05, 3.63) is 23.8 Å². The van der Waals surface area contributed by atoms with Crippen LogP contribution in [0, 0.1) is 0 Å². The molecule has 0 aromatic heterocycles. The minimum atomic E-state index is -3.88. The molecule has 4 unspecified atom stereocenters. The zero-order valence-corrected chi connectivity index (χ0v) is 13.4. The van der Waals surface area contributed by atoms with Crippen LogP contribution in [-0.2, 0) is 19.7 Å². The number of nitrogens with zero attached hydrogens (tertiary/aromatic N) is 1. The van der Waals surface area contributed by atoms with Crippen molar-refractivity contribution in [2.75, 3.05) is 18.4 Å². The summed E-state index contributed by atoms with van der Waals surface area (Å²) < 4.78 is 44.5. The van der Waals surface area contributed by atoms with E-state index in [9.17, 15) is 18.6 Å². The number of anilines is 1. The normalized spacial score (nSPS) is 31.0. The smallest absolute Gasteiger partial charge is 0.344 e. The number of aliphatic hydroxyl groups is 2. The quantitative estimate of drug-likeness (QED) is 0.508. The summed E-state index contributed by atoms with van der Waals surface area (Å²) in [6.45, 7) is -0.103. The first kappa shape index (κ1) is 16.9. The van der Waals surface area contributed by atoms with Crippen LogP contribution in [0.3, 0.4) is 0 Å². The number of nitrogens with two attached hydrogens (primary N) is 1. The molecule has 0 saturated carbocycles. The number of aliphatic hydroxyl groups excluding tert-OH is 2. The van der Waals surface area contributed by atoms with Gasteiger partial charge in [-0.1, -0.05) is 6.07 Å². The molecule has 11 heteroatoms. The van der Waals surface area contributed by atoms with E-state index in [1.807, 2.05) is 0 Å². The highest BCUT2D eigenvalue weighted by Crippen LogP contribution is 2.31. The van der Waals surface area contributed by atoms with Gasteiger partial charge < -0.3 is 30.2 Å². The van der Waals surface area contributed by atoms with Crippen LogP contribution in [0.25, 0.3) is 0 Å². The summed E-state index contributed by atoms with van der Waals surface area (Å²) in [4.78, 5) is 0. The Morgan fingerprint density at radius 2 is 2.12 bits per heavy atom. The van der Waals surface area contributed by atoms with Gasteiger partial charge in [-0.05, 0) is 12.1 Å². The van der Waals surface area contributed by atoms with Gasteiger partial charge >= 0.3 is 10.2 Å². The Morgan fingerprint density at radius 1 is 1.38 bits per heavy atom. The third-order valence-electron chi connectivity index (χ3n) is 3.69. The van der Waals surface area contributed by atoms with Gasteiger partial charge in [0.2, 0.25) is 0 Å². The van der Waals surface area contributed by atoms with Gasteiger partial charge in [0, 0.05) is 7.11 Å². The number of amidine groups is 1. The Balaban J connectivity index is 1.79. The van der Waals surface area contributed by atoms with Gasteiger partial charge in [0.15, 0.2) is 12.1 Å². The number of nitrogens with one attached hydrogen (secondary N) is 1. The van der Waals surface area contributed by atoms with Gasteiger partial charge in [0.05, 0.1) is 11.3 Å². The topological polar surface area (TPSA) is 153 Å². The molecule has 132 valence electrons. The molecule has 2 aliphatic heterocycles. The maximum Gasteiger partial charge on any atom is 0.344 e. The van der Waals surface area contributed by atoms with Crippen LogP contribution in [-0.4, -0.2) is 62.8 Å². The molecular formula is C13H17N3O7S. The highest BCUT2D eigenvalue weighted by atomic mass is 32.2. The Morgan fingerprint density at radius 3 is 2.79 bits per heavy atom. The third-order valence-corrected chi connectivity index (χ3v) is 4.61. The lowest BCUT2D eigenvalue weighted by Gasteiger charge is -2.21. The number of benzene rings is 1. The van der Waals surface area contributed by atoms with E-state index in [-0.39, 0.29) is 23.9 Å². The van der Waals surface area contributed by atoms with Crippen LogP contribution in [0.2, 0.25) is 0 Å². The lowest BCUT2D eigenvalue weighted by atomic mass is 10.1. The number of methoxy groups -OCH3 is 1. The van der Waals surface area contributed by atoms with Crippen molar-refractivity contribution in [2.45, 2.75) is 24.6 Å². The molecule has 4 atom stereocenters. The van der Waals surface area contributed by atoms with Gasteiger partial charge in [0.25, 0.3) is 0 Å². The molecule has 5 N–H and O–H groups in total. The van der Waals surface area contributed by atoms with Gasteiger partial charge in [-0.2, -0.15) is 8.42 Å². The predicted molar refractivity (Wildman–Crippen MR) is 82.9 cm³/mol. The minimum Gasteiger partial charge on any atom is -0.490 e. The summed E-state index contributed by atoms with van der Waals surface area (Å²) >= 11 is 0. The van der Waals surface area contributed by atoms with E-state index in [1.165, 1.54) is 13.2 Å². The number of ether oxygens (including phenoxy) is 3. The summed E-state index contributed by atoms with van der Waals surface area (Å²) in [5, 5.41) is 19.7. The van der Waals surface area contributed by atoms with Crippen LogP contribution in [0.15, 0.2) is 22.6 Å². The molecule has 24 heavy (non-hydrogen) atoms. The average molecular weight is 359 g/mol. The van der Waals surface area contributed by atoms with Crippen molar-refractivity contribution in [1.29, 1.82) is 0 Å². The van der Waals surface area contributed by atoms with Gasteiger partial charge in [-0.15, -0.1) is 4.40 Å². The van der Waals surface area contributed by atoms with E-state index in [2.05, 4.69) is 9.12 Å². The zero-order chi connectivity index (χ0) is 17.5. The SMILES string of the molecule is COC1OC(COc2cccc3c2C(N)=NS(=O)(=O)N3)C(O)C1O. The first-order chi connectivity index (χ1) is 11.3. The monoisotopic (exact) mass is 359 g/mol. The summed E-state index contributed by atoms with van der Waals surface area (Å²) in [7, 11) is -2.53. The molecule has 2 aliphatic rings. The number of fused-ring (bicyclic) bond motifs is 1. The van der Waals surface area contributed by atoms with Crippen LogP contribution in [0.1, 0.15) is 5.56 Å².